The fraction of sp³-hybridized carbons (Fsp3) is 0.133. The van der Waals surface area contributed by atoms with Crippen LogP contribution in [0.1, 0.15) is 26.5 Å². The Morgan fingerprint density at radius 1 is 1.09 bits per heavy atom. The molecular weight excluding hydrogens is 304 g/mol. The van der Waals surface area contributed by atoms with Crippen LogP contribution >= 0.6 is 0 Å². The van der Waals surface area contributed by atoms with Crippen LogP contribution in [-0.4, -0.2) is 29.0 Å². The summed E-state index contributed by atoms with van der Waals surface area (Å²) in [6.45, 7) is 1.47. The number of rotatable bonds is 4. The maximum atomic E-state index is 12.1. The maximum Gasteiger partial charge on any atom is 0.362 e. The summed E-state index contributed by atoms with van der Waals surface area (Å²) in [5.74, 6) is -1.47. The van der Waals surface area contributed by atoms with Crippen molar-refractivity contribution in [2.24, 2.45) is 0 Å². The smallest absolute Gasteiger partial charge is 0.362 e. The summed E-state index contributed by atoms with van der Waals surface area (Å²) in [6, 6.07) is 8.36. The van der Waals surface area contributed by atoms with Crippen LogP contribution in [0.5, 0.6) is 5.75 Å². The van der Waals surface area contributed by atoms with Crippen molar-refractivity contribution < 1.29 is 24.0 Å². The molecule has 0 saturated carbocycles. The van der Waals surface area contributed by atoms with E-state index in [4.69, 9.17) is 4.74 Å². The highest BCUT2D eigenvalue weighted by molar-refractivity contribution is 5.92. The normalized spacial score (nSPS) is 10.0. The van der Waals surface area contributed by atoms with E-state index in [2.05, 4.69) is 9.72 Å². The van der Waals surface area contributed by atoms with Gasteiger partial charge in [-0.1, -0.05) is 12.1 Å². The molecule has 8 heteroatoms. The van der Waals surface area contributed by atoms with Crippen LogP contribution < -0.4 is 4.74 Å². The summed E-state index contributed by atoms with van der Waals surface area (Å²) in [7, 11) is 1.20. The van der Waals surface area contributed by atoms with Gasteiger partial charge in [-0.2, -0.15) is 0 Å². The van der Waals surface area contributed by atoms with Crippen LogP contribution in [0.3, 0.4) is 0 Å². The first-order chi connectivity index (χ1) is 10.9. The zero-order chi connectivity index (χ0) is 17.0. The molecule has 2 aromatic rings. The van der Waals surface area contributed by atoms with Gasteiger partial charge in [-0.3, -0.25) is 10.1 Å². The van der Waals surface area contributed by atoms with Gasteiger partial charge in [-0.05, 0) is 25.1 Å². The summed E-state index contributed by atoms with van der Waals surface area (Å²) >= 11 is 0. The van der Waals surface area contributed by atoms with Gasteiger partial charge in [0.05, 0.1) is 17.6 Å². The van der Waals surface area contributed by atoms with E-state index < -0.39 is 16.9 Å². The molecule has 0 unspecified atom stereocenters. The molecule has 1 aromatic carbocycles. The molecule has 0 spiro atoms. The van der Waals surface area contributed by atoms with E-state index in [1.807, 2.05) is 0 Å². The number of pyridine rings is 1. The molecular formula is C15H12N2O6. The number of aromatic nitrogens is 1. The molecule has 0 fully saturated rings. The van der Waals surface area contributed by atoms with Crippen LogP contribution in [0.4, 0.5) is 5.69 Å². The number of hydrogen-bond acceptors (Lipinski definition) is 7. The van der Waals surface area contributed by atoms with E-state index >= 15 is 0 Å². The van der Waals surface area contributed by atoms with Gasteiger partial charge >= 0.3 is 11.9 Å². The van der Waals surface area contributed by atoms with Crippen LogP contribution in [0.25, 0.3) is 0 Å². The first kappa shape index (κ1) is 16.1. The first-order valence-electron chi connectivity index (χ1n) is 6.45. The zero-order valence-corrected chi connectivity index (χ0v) is 12.3. The molecule has 8 nitrogen and oxygen atoms in total. The van der Waals surface area contributed by atoms with Crippen LogP contribution in [0.15, 0.2) is 36.4 Å². The molecule has 1 aromatic heterocycles. The van der Waals surface area contributed by atoms with Crippen molar-refractivity contribution >= 4 is 17.6 Å². The molecule has 2 rings (SSSR count). The van der Waals surface area contributed by atoms with Crippen LogP contribution in [-0.2, 0) is 4.74 Å². The average molecular weight is 316 g/mol. The highest BCUT2D eigenvalue weighted by Gasteiger charge is 2.19. The predicted octanol–water partition coefficient (Wildman–Crippen LogP) is 2.30. The van der Waals surface area contributed by atoms with E-state index in [1.165, 1.54) is 50.4 Å². The molecule has 0 aliphatic heterocycles. The zero-order valence-electron chi connectivity index (χ0n) is 12.3. The Hall–Kier alpha value is -3.29. The lowest BCUT2D eigenvalue weighted by Gasteiger charge is -2.07. The third-order valence-electron chi connectivity index (χ3n) is 3.01. The quantitative estimate of drug-likeness (QED) is 0.368. The lowest BCUT2D eigenvalue weighted by atomic mass is 10.2. The number of ether oxygens (including phenoxy) is 2. The molecule has 0 N–H and O–H groups in total. The number of esters is 2. The van der Waals surface area contributed by atoms with Gasteiger partial charge in [0.1, 0.15) is 17.1 Å². The summed E-state index contributed by atoms with van der Waals surface area (Å²) in [5.41, 5.74) is -0.0990. The second-order valence-electron chi connectivity index (χ2n) is 4.45. The first-order valence-corrected chi connectivity index (χ1v) is 6.45. The molecule has 0 radical (unpaired) electrons. The molecule has 23 heavy (non-hydrogen) atoms. The van der Waals surface area contributed by atoms with Crippen molar-refractivity contribution in [3.8, 4) is 5.75 Å². The van der Waals surface area contributed by atoms with E-state index in [1.54, 1.807) is 0 Å². The van der Waals surface area contributed by atoms with Crippen molar-refractivity contribution in [1.29, 1.82) is 0 Å². The van der Waals surface area contributed by atoms with Crippen molar-refractivity contribution in [2.45, 2.75) is 6.92 Å². The minimum Gasteiger partial charge on any atom is -0.464 e. The average Bonchev–Trinajstić information content (AvgIpc) is 2.55. The summed E-state index contributed by atoms with van der Waals surface area (Å²) in [5, 5.41) is 10.9. The largest absolute Gasteiger partial charge is 0.464 e. The Kier molecular flexibility index (Phi) is 4.65. The fourth-order valence-electron chi connectivity index (χ4n) is 1.83. The van der Waals surface area contributed by atoms with E-state index in [-0.39, 0.29) is 28.4 Å². The van der Waals surface area contributed by atoms with E-state index in [0.29, 0.717) is 0 Å². The standard InChI is InChI=1S/C15H12N2O6/c1-9-12(17(20)21)7-4-8-13(9)23-15(19)11-6-3-5-10(16-11)14(18)22-2/h3-8H,1-2H3. The monoisotopic (exact) mass is 316 g/mol. The Morgan fingerprint density at radius 2 is 1.70 bits per heavy atom. The minimum absolute atomic E-state index is 0.0438. The van der Waals surface area contributed by atoms with Gasteiger partial charge in [0.25, 0.3) is 5.69 Å². The molecule has 1 heterocycles. The number of nitro benzene ring substituents is 1. The van der Waals surface area contributed by atoms with Gasteiger partial charge in [-0.15, -0.1) is 0 Å². The SMILES string of the molecule is COC(=O)c1cccc(C(=O)Oc2cccc([N+](=O)[O-])c2C)n1. The van der Waals surface area contributed by atoms with Crippen molar-refractivity contribution in [1.82, 2.24) is 4.98 Å². The third-order valence-corrected chi connectivity index (χ3v) is 3.01. The highest BCUT2D eigenvalue weighted by Crippen LogP contribution is 2.27. The number of benzene rings is 1. The summed E-state index contributed by atoms with van der Waals surface area (Å²) in [4.78, 5) is 37.7. The fourth-order valence-corrected chi connectivity index (χ4v) is 1.83. The van der Waals surface area contributed by atoms with Crippen LogP contribution in [0, 0.1) is 17.0 Å². The second-order valence-corrected chi connectivity index (χ2v) is 4.45. The lowest BCUT2D eigenvalue weighted by molar-refractivity contribution is -0.385. The molecule has 0 aliphatic carbocycles. The molecule has 118 valence electrons. The highest BCUT2D eigenvalue weighted by atomic mass is 16.6. The summed E-state index contributed by atoms with van der Waals surface area (Å²) < 4.78 is 9.65. The lowest BCUT2D eigenvalue weighted by Crippen LogP contribution is -2.14. The van der Waals surface area contributed by atoms with Gasteiger partial charge in [-0.25, -0.2) is 14.6 Å². The molecule has 0 bridgehead atoms. The van der Waals surface area contributed by atoms with E-state index in [9.17, 15) is 19.7 Å². The minimum atomic E-state index is -0.834. The second kappa shape index (κ2) is 6.65. The van der Waals surface area contributed by atoms with Crippen molar-refractivity contribution in [3.05, 3.63) is 63.5 Å². The number of nitrogens with zero attached hydrogens (tertiary/aromatic N) is 2. The molecule has 0 saturated heterocycles. The van der Waals surface area contributed by atoms with Gasteiger partial charge < -0.3 is 9.47 Å². The molecule has 0 amide bonds. The van der Waals surface area contributed by atoms with Gasteiger partial charge in [0.15, 0.2) is 0 Å². The number of carbonyl (C=O) groups excluding carboxylic acids is 2. The Bertz CT molecular complexity index is 787. The Labute approximate surface area is 130 Å². The number of nitro groups is 1. The number of hydrogen-bond donors (Lipinski definition) is 0. The van der Waals surface area contributed by atoms with Crippen LogP contribution in [0.2, 0.25) is 0 Å². The van der Waals surface area contributed by atoms with E-state index in [0.717, 1.165) is 0 Å². The third kappa shape index (κ3) is 3.49. The van der Waals surface area contributed by atoms with Gasteiger partial charge in [0.2, 0.25) is 0 Å². The molecule has 0 atom stereocenters. The van der Waals surface area contributed by atoms with Crippen molar-refractivity contribution in [2.75, 3.05) is 7.11 Å². The molecule has 0 aliphatic rings. The predicted molar refractivity (Wildman–Crippen MR) is 78.4 cm³/mol. The summed E-state index contributed by atoms with van der Waals surface area (Å²) in [6.07, 6.45) is 0. The van der Waals surface area contributed by atoms with Crippen molar-refractivity contribution in [3.63, 3.8) is 0 Å². The number of carbonyl (C=O) groups is 2. The Balaban J connectivity index is 2.28. The number of methoxy groups -OCH3 is 1. The Morgan fingerprint density at radius 3 is 2.30 bits per heavy atom. The maximum absolute atomic E-state index is 12.1. The topological polar surface area (TPSA) is 109 Å². The van der Waals surface area contributed by atoms with Gasteiger partial charge in [0, 0.05) is 6.07 Å².